The number of aromatic amines is 1. The van der Waals surface area contributed by atoms with Crippen molar-refractivity contribution in [2.75, 3.05) is 0 Å². The van der Waals surface area contributed by atoms with Gasteiger partial charge in [0.2, 0.25) is 0 Å². The summed E-state index contributed by atoms with van der Waals surface area (Å²) in [7, 11) is 0. The zero-order chi connectivity index (χ0) is 12.5. The number of nitrogens with one attached hydrogen (secondary N) is 1. The predicted molar refractivity (Wildman–Crippen MR) is 72.1 cm³/mol. The van der Waals surface area contributed by atoms with Crippen molar-refractivity contribution < 1.29 is 4.39 Å². The summed E-state index contributed by atoms with van der Waals surface area (Å²) in [5.74, 6) is 0.184. The summed E-state index contributed by atoms with van der Waals surface area (Å²) in [6, 6.07) is 5.46. The van der Waals surface area contributed by atoms with Crippen molar-refractivity contribution in [3.05, 3.63) is 35.8 Å². The smallest absolute Gasteiger partial charge is 0.147 e. The summed E-state index contributed by atoms with van der Waals surface area (Å²) in [5, 5.41) is 0.998. The normalized spacial score (nSPS) is 25.2. The summed E-state index contributed by atoms with van der Waals surface area (Å²) in [4.78, 5) is 3.06. The third kappa shape index (κ3) is 1.93. The first-order valence-corrected chi connectivity index (χ1v) is 6.78. The standard InChI is InChI=1S/C15H19FN2/c16-13-7-4-6-11-12(9-18-15(11)13)10-5-2-1-3-8-14(10)17/h4,6-7,9-10,14,18H,1-3,5,8,17H2. The quantitative estimate of drug-likeness (QED) is 0.740. The molecule has 0 aliphatic heterocycles. The van der Waals surface area contributed by atoms with Crippen LogP contribution in [0.2, 0.25) is 0 Å². The molecule has 0 spiro atoms. The number of hydrogen-bond donors (Lipinski definition) is 2. The van der Waals surface area contributed by atoms with Gasteiger partial charge in [0.15, 0.2) is 0 Å². The van der Waals surface area contributed by atoms with E-state index in [0.29, 0.717) is 11.4 Å². The van der Waals surface area contributed by atoms with E-state index in [9.17, 15) is 4.39 Å². The first-order chi connectivity index (χ1) is 8.77. The lowest BCUT2D eigenvalue weighted by molar-refractivity contribution is 0.508. The minimum Gasteiger partial charge on any atom is -0.359 e. The molecule has 2 atom stereocenters. The van der Waals surface area contributed by atoms with Gasteiger partial charge < -0.3 is 10.7 Å². The highest BCUT2D eigenvalue weighted by molar-refractivity contribution is 5.84. The number of rotatable bonds is 1. The first kappa shape index (κ1) is 11.7. The largest absolute Gasteiger partial charge is 0.359 e. The van der Waals surface area contributed by atoms with Crippen LogP contribution >= 0.6 is 0 Å². The number of para-hydroxylation sites is 1. The van der Waals surface area contributed by atoms with Gasteiger partial charge in [0, 0.05) is 23.5 Å². The number of benzene rings is 1. The van der Waals surface area contributed by atoms with Gasteiger partial charge in [-0.3, -0.25) is 0 Å². The third-order valence-electron chi connectivity index (χ3n) is 4.17. The minimum absolute atomic E-state index is 0.180. The highest BCUT2D eigenvalue weighted by Crippen LogP contribution is 2.35. The second-order valence-corrected chi connectivity index (χ2v) is 5.31. The summed E-state index contributed by atoms with van der Waals surface area (Å²) in [5.41, 5.74) is 8.10. The SMILES string of the molecule is NC1CCCCCC1c1c[nH]c2c(F)cccc12. The lowest BCUT2D eigenvalue weighted by atomic mass is 9.88. The number of halogens is 1. The molecule has 96 valence electrons. The van der Waals surface area contributed by atoms with Crippen LogP contribution in [0.1, 0.15) is 43.6 Å². The number of hydrogen-bond acceptors (Lipinski definition) is 1. The fourth-order valence-electron chi connectivity index (χ4n) is 3.17. The van der Waals surface area contributed by atoms with Gasteiger partial charge in [-0.05, 0) is 24.5 Å². The van der Waals surface area contributed by atoms with Crippen molar-refractivity contribution in [1.29, 1.82) is 0 Å². The summed E-state index contributed by atoms with van der Waals surface area (Å²) in [6.45, 7) is 0. The lowest BCUT2D eigenvalue weighted by Crippen LogP contribution is -2.27. The van der Waals surface area contributed by atoms with Crippen LogP contribution in [0, 0.1) is 5.82 Å². The molecule has 3 heteroatoms. The average Bonchev–Trinajstić information content (AvgIpc) is 2.68. The zero-order valence-corrected chi connectivity index (χ0v) is 10.5. The summed E-state index contributed by atoms with van der Waals surface area (Å²) < 4.78 is 13.7. The number of fused-ring (bicyclic) bond motifs is 1. The molecule has 0 saturated heterocycles. The molecular formula is C15H19FN2. The summed E-state index contributed by atoms with van der Waals surface area (Å²) >= 11 is 0. The molecule has 1 heterocycles. The van der Waals surface area contributed by atoms with Gasteiger partial charge in [-0.1, -0.05) is 31.4 Å². The summed E-state index contributed by atoms with van der Waals surface area (Å²) in [6.07, 6.45) is 7.84. The molecule has 1 fully saturated rings. The second-order valence-electron chi connectivity index (χ2n) is 5.31. The van der Waals surface area contributed by atoms with E-state index in [1.807, 2.05) is 12.3 Å². The van der Waals surface area contributed by atoms with E-state index in [0.717, 1.165) is 18.2 Å². The van der Waals surface area contributed by atoms with Gasteiger partial charge in [-0.15, -0.1) is 0 Å². The van der Waals surface area contributed by atoms with Crippen LogP contribution < -0.4 is 5.73 Å². The number of aromatic nitrogens is 1. The Labute approximate surface area is 106 Å². The first-order valence-electron chi connectivity index (χ1n) is 6.78. The van der Waals surface area contributed by atoms with Crippen LogP contribution in [-0.2, 0) is 0 Å². The second kappa shape index (κ2) is 4.73. The van der Waals surface area contributed by atoms with Gasteiger partial charge in [0.05, 0.1) is 5.52 Å². The maximum absolute atomic E-state index is 13.7. The molecule has 2 unspecified atom stereocenters. The molecule has 1 aromatic carbocycles. The fourth-order valence-corrected chi connectivity index (χ4v) is 3.17. The molecule has 1 saturated carbocycles. The van der Waals surface area contributed by atoms with Gasteiger partial charge in [-0.25, -0.2) is 4.39 Å². The van der Waals surface area contributed by atoms with Gasteiger partial charge in [0.25, 0.3) is 0 Å². The van der Waals surface area contributed by atoms with Crippen LogP contribution in [0.5, 0.6) is 0 Å². The molecule has 1 aliphatic rings. The Balaban J connectivity index is 2.05. The molecule has 2 aromatic rings. The van der Waals surface area contributed by atoms with E-state index in [2.05, 4.69) is 4.98 Å². The molecule has 1 aromatic heterocycles. The fraction of sp³-hybridized carbons (Fsp3) is 0.467. The van der Waals surface area contributed by atoms with Crippen molar-refractivity contribution in [2.45, 2.75) is 44.1 Å². The molecule has 3 N–H and O–H groups in total. The van der Waals surface area contributed by atoms with Gasteiger partial charge in [0.1, 0.15) is 5.82 Å². The number of nitrogens with two attached hydrogens (primary N) is 1. The Morgan fingerprint density at radius 1 is 1.17 bits per heavy atom. The topological polar surface area (TPSA) is 41.8 Å². The van der Waals surface area contributed by atoms with Gasteiger partial charge in [-0.2, -0.15) is 0 Å². The van der Waals surface area contributed by atoms with E-state index < -0.39 is 0 Å². The Kier molecular flexibility index (Phi) is 3.08. The Hall–Kier alpha value is -1.35. The number of H-pyrrole nitrogens is 1. The van der Waals surface area contributed by atoms with Crippen LogP contribution in [0.4, 0.5) is 4.39 Å². The van der Waals surface area contributed by atoms with E-state index in [1.165, 1.54) is 30.9 Å². The molecule has 0 amide bonds. The molecule has 18 heavy (non-hydrogen) atoms. The molecule has 1 aliphatic carbocycles. The lowest BCUT2D eigenvalue weighted by Gasteiger charge is -2.20. The molecule has 3 rings (SSSR count). The van der Waals surface area contributed by atoms with Crippen LogP contribution in [0.25, 0.3) is 10.9 Å². The third-order valence-corrected chi connectivity index (χ3v) is 4.17. The van der Waals surface area contributed by atoms with Crippen molar-refractivity contribution >= 4 is 10.9 Å². The zero-order valence-electron chi connectivity index (χ0n) is 10.5. The van der Waals surface area contributed by atoms with E-state index in [-0.39, 0.29) is 11.9 Å². The van der Waals surface area contributed by atoms with Crippen molar-refractivity contribution in [2.24, 2.45) is 5.73 Å². The Morgan fingerprint density at radius 3 is 2.89 bits per heavy atom. The maximum atomic E-state index is 13.7. The van der Waals surface area contributed by atoms with Crippen LogP contribution in [-0.4, -0.2) is 11.0 Å². The monoisotopic (exact) mass is 246 g/mol. The van der Waals surface area contributed by atoms with E-state index in [1.54, 1.807) is 6.07 Å². The Morgan fingerprint density at radius 2 is 2.00 bits per heavy atom. The Bertz CT molecular complexity index is 546. The van der Waals surface area contributed by atoms with E-state index >= 15 is 0 Å². The van der Waals surface area contributed by atoms with E-state index in [4.69, 9.17) is 5.73 Å². The van der Waals surface area contributed by atoms with Crippen molar-refractivity contribution in [3.8, 4) is 0 Å². The average molecular weight is 246 g/mol. The maximum Gasteiger partial charge on any atom is 0.147 e. The minimum atomic E-state index is -0.180. The van der Waals surface area contributed by atoms with Crippen LogP contribution in [0.3, 0.4) is 0 Å². The molecule has 0 radical (unpaired) electrons. The van der Waals surface area contributed by atoms with Crippen molar-refractivity contribution in [1.82, 2.24) is 4.98 Å². The van der Waals surface area contributed by atoms with Gasteiger partial charge >= 0.3 is 0 Å². The highest BCUT2D eigenvalue weighted by atomic mass is 19.1. The van der Waals surface area contributed by atoms with Crippen LogP contribution in [0.15, 0.2) is 24.4 Å². The molecular weight excluding hydrogens is 227 g/mol. The highest BCUT2D eigenvalue weighted by Gasteiger charge is 2.24. The predicted octanol–water partition coefficient (Wildman–Crippen LogP) is 3.68. The molecule has 0 bridgehead atoms. The molecule has 2 nitrogen and oxygen atoms in total. The van der Waals surface area contributed by atoms with Crippen molar-refractivity contribution in [3.63, 3.8) is 0 Å².